The van der Waals surface area contributed by atoms with Crippen LogP contribution in [-0.4, -0.2) is 21.7 Å². The van der Waals surface area contributed by atoms with Crippen LogP contribution in [-0.2, 0) is 0 Å². The van der Waals surface area contributed by atoms with Gasteiger partial charge in [-0.05, 0) is 42.5 Å². The van der Waals surface area contributed by atoms with Crippen LogP contribution >= 0.6 is 0 Å². The minimum Gasteiger partial charge on any atom is -0.322 e. The van der Waals surface area contributed by atoms with E-state index in [1.807, 2.05) is 48.5 Å². The van der Waals surface area contributed by atoms with Crippen molar-refractivity contribution in [3.05, 3.63) is 103 Å². The number of carbonyl (C=O) groups is 2. The second-order valence-electron chi connectivity index (χ2n) is 6.49. The van der Waals surface area contributed by atoms with Crippen LogP contribution < -0.4 is 16.0 Å². The number of hydrogen-bond acceptors (Lipinski definition) is 3. The van der Waals surface area contributed by atoms with Crippen molar-refractivity contribution < 1.29 is 9.59 Å². The molecule has 30 heavy (non-hydrogen) atoms. The second kappa shape index (κ2) is 8.74. The Hall–Kier alpha value is -4.39. The Bertz CT molecular complexity index is 1160. The van der Waals surface area contributed by atoms with E-state index in [1.165, 1.54) is 6.20 Å². The van der Waals surface area contributed by atoms with Gasteiger partial charge in [0.25, 0.3) is 5.91 Å². The van der Waals surface area contributed by atoms with E-state index in [0.717, 1.165) is 5.69 Å². The van der Waals surface area contributed by atoms with Gasteiger partial charge in [0.15, 0.2) is 0 Å². The number of para-hydroxylation sites is 2. The Morgan fingerprint density at radius 3 is 2.03 bits per heavy atom. The van der Waals surface area contributed by atoms with E-state index in [1.54, 1.807) is 47.3 Å². The molecular formula is C23H19N5O2. The Morgan fingerprint density at radius 1 is 0.700 bits per heavy atom. The summed E-state index contributed by atoms with van der Waals surface area (Å²) >= 11 is 0. The van der Waals surface area contributed by atoms with Crippen LogP contribution in [0.3, 0.4) is 0 Å². The van der Waals surface area contributed by atoms with Crippen molar-refractivity contribution in [2.24, 2.45) is 0 Å². The van der Waals surface area contributed by atoms with Gasteiger partial charge in [0.05, 0.1) is 17.4 Å². The molecule has 0 radical (unpaired) electrons. The molecule has 3 amide bonds. The van der Waals surface area contributed by atoms with Crippen LogP contribution in [0.1, 0.15) is 10.4 Å². The lowest BCUT2D eigenvalue weighted by atomic mass is 10.2. The molecular weight excluding hydrogens is 378 g/mol. The standard InChI is InChI=1S/C23H19N5O2/c29-22(17-15-24-28(16-17)21-12-5-2-6-13-21)25-19-10-7-11-20(14-19)27-23(30)26-18-8-3-1-4-9-18/h1-16H,(H,25,29)(H2,26,27,30). The summed E-state index contributed by atoms with van der Waals surface area (Å²) in [4.78, 5) is 24.7. The second-order valence-corrected chi connectivity index (χ2v) is 6.49. The van der Waals surface area contributed by atoms with E-state index in [9.17, 15) is 9.59 Å². The lowest BCUT2D eigenvalue weighted by molar-refractivity contribution is 0.102. The molecule has 1 aromatic heterocycles. The van der Waals surface area contributed by atoms with Crippen molar-refractivity contribution in [1.29, 1.82) is 0 Å². The van der Waals surface area contributed by atoms with Crippen LogP contribution in [0.15, 0.2) is 97.3 Å². The molecule has 0 unspecified atom stereocenters. The smallest absolute Gasteiger partial charge is 0.322 e. The van der Waals surface area contributed by atoms with E-state index < -0.39 is 0 Å². The molecule has 7 heteroatoms. The summed E-state index contributed by atoms with van der Waals surface area (Å²) in [5.74, 6) is -0.289. The molecule has 0 aliphatic rings. The fraction of sp³-hybridized carbons (Fsp3) is 0. The third kappa shape index (κ3) is 4.71. The molecule has 148 valence electrons. The van der Waals surface area contributed by atoms with Crippen molar-refractivity contribution >= 4 is 29.0 Å². The maximum absolute atomic E-state index is 12.6. The molecule has 0 aliphatic heterocycles. The van der Waals surface area contributed by atoms with Crippen LogP contribution in [0.4, 0.5) is 21.9 Å². The van der Waals surface area contributed by atoms with Crippen LogP contribution in [0, 0.1) is 0 Å². The normalized spacial score (nSPS) is 10.3. The Kier molecular flexibility index (Phi) is 5.52. The highest BCUT2D eigenvalue weighted by molar-refractivity contribution is 6.05. The van der Waals surface area contributed by atoms with Gasteiger partial charge in [-0.1, -0.05) is 42.5 Å². The minimum atomic E-state index is -0.367. The summed E-state index contributed by atoms with van der Waals surface area (Å²) in [5.41, 5.74) is 3.10. The lowest BCUT2D eigenvalue weighted by Gasteiger charge is -2.09. The summed E-state index contributed by atoms with van der Waals surface area (Å²) in [6, 6.07) is 25.3. The van der Waals surface area contributed by atoms with Crippen LogP contribution in [0.2, 0.25) is 0 Å². The average molecular weight is 397 g/mol. The van der Waals surface area contributed by atoms with Crippen molar-refractivity contribution in [1.82, 2.24) is 9.78 Å². The van der Waals surface area contributed by atoms with Gasteiger partial charge in [-0.2, -0.15) is 5.10 Å². The van der Waals surface area contributed by atoms with Gasteiger partial charge >= 0.3 is 6.03 Å². The molecule has 0 fully saturated rings. The maximum atomic E-state index is 12.6. The molecule has 0 spiro atoms. The first-order valence-electron chi connectivity index (χ1n) is 9.32. The van der Waals surface area contributed by atoms with Crippen molar-refractivity contribution in [2.45, 2.75) is 0 Å². The van der Waals surface area contributed by atoms with Gasteiger partial charge in [-0.15, -0.1) is 0 Å². The number of urea groups is 1. The summed E-state index contributed by atoms with van der Waals surface area (Å²) in [6.07, 6.45) is 3.18. The zero-order valence-corrected chi connectivity index (χ0v) is 15.9. The highest BCUT2D eigenvalue weighted by atomic mass is 16.2. The molecule has 0 saturated heterocycles. The van der Waals surface area contributed by atoms with E-state index in [4.69, 9.17) is 0 Å². The molecule has 1 heterocycles. The molecule has 0 bridgehead atoms. The SMILES string of the molecule is O=C(Nc1ccccc1)Nc1cccc(NC(=O)c2cnn(-c3ccccc3)c2)c1. The van der Waals surface area contributed by atoms with Crippen LogP contribution in [0.5, 0.6) is 0 Å². The van der Waals surface area contributed by atoms with Crippen molar-refractivity contribution in [3.8, 4) is 5.69 Å². The highest BCUT2D eigenvalue weighted by Crippen LogP contribution is 2.17. The molecule has 4 aromatic rings. The first kappa shape index (κ1) is 18.9. The predicted molar refractivity (Wildman–Crippen MR) is 117 cm³/mol. The number of nitrogens with one attached hydrogen (secondary N) is 3. The quantitative estimate of drug-likeness (QED) is 0.453. The Morgan fingerprint density at radius 2 is 1.30 bits per heavy atom. The number of rotatable bonds is 5. The first-order chi connectivity index (χ1) is 14.7. The van der Waals surface area contributed by atoms with Gasteiger partial charge in [0.2, 0.25) is 0 Å². The number of aromatic nitrogens is 2. The number of amides is 3. The van der Waals surface area contributed by atoms with E-state index in [2.05, 4.69) is 21.0 Å². The fourth-order valence-electron chi connectivity index (χ4n) is 2.85. The third-order valence-corrected chi connectivity index (χ3v) is 4.28. The van der Waals surface area contributed by atoms with Gasteiger partial charge in [-0.3, -0.25) is 4.79 Å². The van der Waals surface area contributed by atoms with Crippen molar-refractivity contribution in [2.75, 3.05) is 16.0 Å². The summed E-state index contributed by atoms with van der Waals surface area (Å²) < 4.78 is 1.64. The van der Waals surface area contributed by atoms with E-state index in [0.29, 0.717) is 22.6 Å². The van der Waals surface area contributed by atoms with E-state index in [-0.39, 0.29) is 11.9 Å². The number of nitrogens with zero attached hydrogens (tertiary/aromatic N) is 2. The number of hydrogen-bond donors (Lipinski definition) is 3. The van der Waals surface area contributed by atoms with Crippen molar-refractivity contribution in [3.63, 3.8) is 0 Å². The minimum absolute atomic E-state index is 0.289. The highest BCUT2D eigenvalue weighted by Gasteiger charge is 2.11. The Balaban J connectivity index is 1.40. The largest absolute Gasteiger partial charge is 0.323 e. The first-order valence-corrected chi connectivity index (χ1v) is 9.32. The monoisotopic (exact) mass is 397 g/mol. The molecule has 3 N–H and O–H groups in total. The predicted octanol–water partition coefficient (Wildman–Crippen LogP) is 4.77. The summed E-state index contributed by atoms with van der Waals surface area (Å²) in [7, 11) is 0. The summed E-state index contributed by atoms with van der Waals surface area (Å²) in [6.45, 7) is 0. The third-order valence-electron chi connectivity index (χ3n) is 4.28. The fourth-order valence-corrected chi connectivity index (χ4v) is 2.85. The maximum Gasteiger partial charge on any atom is 0.323 e. The van der Waals surface area contributed by atoms with Gasteiger partial charge < -0.3 is 16.0 Å². The van der Waals surface area contributed by atoms with Gasteiger partial charge in [0, 0.05) is 23.3 Å². The molecule has 4 rings (SSSR count). The molecule has 0 atom stereocenters. The molecule has 0 saturated carbocycles. The number of anilines is 3. The lowest BCUT2D eigenvalue weighted by Crippen LogP contribution is -2.19. The zero-order chi connectivity index (χ0) is 20.8. The Labute approximate surface area is 173 Å². The average Bonchev–Trinajstić information content (AvgIpc) is 3.26. The summed E-state index contributed by atoms with van der Waals surface area (Å²) in [5, 5.41) is 12.6. The van der Waals surface area contributed by atoms with Gasteiger partial charge in [0.1, 0.15) is 0 Å². The topological polar surface area (TPSA) is 88.1 Å². The molecule has 0 aliphatic carbocycles. The zero-order valence-electron chi connectivity index (χ0n) is 15.9. The number of benzene rings is 3. The number of carbonyl (C=O) groups excluding carboxylic acids is 2. The van der Waals surface area contributed by atoms with E-state index >= 15 is 0 Å². The molecule has 7 nitrogen and oxygen atoms in total. The van der Waals surface area contributed by atoms with Gasteiger partial charge in [-0.25, -0.2) is 9.48 Å². The molecule has 3 aromatic carbocycles. The van der Waals surface area contributed by atoms with Crippen LogP contribution in [0.25, 0.3) is 5.69 Å².